The molecule has 0 atom stereocenters. The minimum Gasteiger partial charge on any atom is -0.364 e. The number of amides is 1. The van der Waals surface area contributed by atoms with Gasteiger partial charge < -0.3 is 5.73 Å². The lowest BCUT2D eigenvalue weighted by Crippen LogP contribution is -2.18. The highest BCUT2D eigenvalue weighted by Crippen LogP contribution is 2.28. The summed E-state index contributed by atoms with van der Waals surface area (Å²) in [5.74, 6) is -2.35. The van der Waals surface area contributed by atoms with E-state index >= 15 is 0 Å². The van der Waals surface area contributed by atoms with Gasteiger partial charge in [0, 0.05) is 18.6 Å². The molecule has 0 saturated heterocycles. The van der Waals surface area contributed by atoms with E-state index in [0.717, 1.165) is 18.6 Å². The number of carbonyl (C=O) groups is 1. The normalized spacial score (nSPS) is 11.5. The van der Waals surface area contributed by atoms with Gasteiger partial charge >= 0.3 is 6.18 Å². The summed E-state index contributed by atoms with van der Waals surface area (Å²) in [6, 6.07) is 1.20. The molecule has 0 aliphatic rings. The van der Waals surface area contributed by atoms with Crippen molar-refractivity contribution in [3.05, 3.63) is 36.2 Å². The highest BCUT2D eigenvalue weighted by atomic mass is 19.4. The van der Waals surface area contributed by atoms with Gasteiger partial charge in [-0.3, -0.25) is 9.36 Å². The van der Waals surface area contributed by atoms with E-state index in [-0.39, 0.29) is 11.6 Å². The second kappa shape index (κ2) is 4.09. The first-order valence-electron chi connectivity index (χ1n) is 4.63. The highest BCUT2D eigenvalue weighted by Gasteiger charge is 2.37. The minimum atomic E-state index is -4.64. The third kappa shape index (κ3) is 2.14. The Kier molecular flexibility index (Phi) is 2.73. The van der Waals surface area contributed by atoms with Crippen LogP contribution in [-0.4, -0.2) is 25.4 Å². The summed E-state index contributed by atoms with van der Waals surface area (Å²) < 4.78 is 38.4. The predicted molar refractivity (Wildman–Crippen MR) is 52.7 cm³/mol. The highest BCUT2D eigenvalue weighted by molar-refractivity contribution is 5.90. The third-order valence-electron chi connectivity index (χ3n) is 2.01. The molecule has 0 bridgehead atoms. The minimum absolute atomic E-state index is 0.179. The molecule has 0 saturated carbocycles. The zero-order valence-electron chi connectivity index (χ0n) is 8.72. The second-order valence-corrected chi connectivity index (χ2v) is 3.22. The lowest BCUT2D eigenvalue weighted by atomic mass is 10.4. The smallest absolute Gasteiger partial charge is 0.364 e. The van der Waals surface area contributed by atoms with E-state index in [1.165, 1.54) is 6.07 Å². The lowest BCUT2D eigenvalue weighted by molar-refractivity contribution is -0.146. The number of hydrogen-bond donors (Lipinski definition) is 1. The molecule has 0 aliphatic carbocycles. The van der Waals surface area contributed by atoms with E-state index in [2.05, 4.69) is 15.0 Å². The Bertz CT molecular complexity index is 592. The van der Waals surface area contributed by atoms with E-state index in [1.54, 1.807) is 0 Å². The maximum Gasteiger partial charge on any atom is 0.450 e. The fourth-order valence-electron chi connectivity index (χ4n) is 1.28. The molecule has 0 fully saturated rings. The molecule has 2 aromatic rings. The van der Waals surface area contributed by atoms with Crippen LogP contribution in [0, 0.1) is 0 Å². The molecule has 2 aromatic heterocycles. The summed E-state index contributed by atoms with van der Waals surface area (Å²) in [7, 11) is 0. The zero-order chi connectivity index (χ0) is 13.3. The van der Waals surface area contributed by atoms with Gasteiger partial charge in [0.25, 0.3) is 5.91 Å². The van der Waals surface area contributed by atoms with Gasteiger partial charge in [-0.25, -0.2) is 15.0 Å². The Morgan fingerprint density at radius 3 is 2.61 bits per heavy atom. The number of carbonyl (C=O) groups excluding carboxylic acids is 1. The number of aromatic nitrogens is 4. The zero-order valence-corrected chi connectivity index (χ0v) is 8.72. The summed E-state index contributed by atoms with van der Waals surface area (Å²) in [6.45, 7) is 0. The Labute approximate surface area is 98.3 Å². The average Bonchev–Trinajstić information content (AvgIpc) is 2.77. The Hall–Kier alpha value is -2.45. The average molecular weight is 257 g/mol. The van der Waals surface area contributed by atoms with Crippen LogP contribution in [0.5, 0.6) is 0 Å². The van der Waals surface area contributed by atoms with Crippen molar-refractivity contribution in [2.45, 2.75) is 6.18 Å². The van der Waals surface area contributed by atoms with Gasteiger partial charge in [0.05, 0.1) is 0 Å². The number of alkyl halides is 3. The fraction of sp³-hybridized carbons (Fsp3) is 0.111. The van der Waals surface area contributed by atoms with Gasteiger partial charge in [-0.15, -0.1) is 0 Å². The van der Waals surface area contributed by atoms with E-state index in [1.807, 2.05) is 0 Å². The van der Waals surface area contributed by atoms with Crippen molar-refractivity contribution in [3.63, 3.8) is 0 Å². The van der Waals surface area contributed by atoms with Gasteiger partial charge in [0.2, 0.25) is 11.8 Å². The van der Waals surface area contributed by atoms with E-state index < -0.39 is 17.9 Å². The summed E-state index contributed by atoms with van der Waals surface area (Å²) >= 11 is 0. The lowest BCUT2D eigenvalue weighted by Gasteiger charge is -2.08. The topological polar surface area (TPSA) is 86.7 Å². The molecule has 0 aliphatic heterocycles. The van der Waals surface area contributed by atoms with Crippen LogP contribution in [0.15, 0.2) is 24.7 Å². The van der Waals surface area contributed by atoms with E-state index in [4.69, 9.17) is 5.73 Å². The molecule has 9 heteroatoms. The van der Waals surface area contributed by atoms with Gasteiger partial charge in [-0.1, -0.05) is 0 Å². The van der Waals surface area contributed by atoms with Crippen LogP contribution >= 0.6 is 0 Å². The van der Waals surface area contributed by atoms with Crippen molar-refractivity contribution in [2.75, 3.05) is 0 Å². The van der Waals surface area contributed by atoms with Crippen LogP contribution in [0.2, 0.25) is 0 Å². The number of rotatable bonds is 2. The van der Waals surface area contributed by atoms with Crippen molar-refractivity contribution >= 4 is 5.91 Å². The molecule has 0 aromatic carbocycles. The SMILES string of the molecule is NC(=O)c1ccnc(-n2ccnc2C(F)(F)F)n1. The molecule has 94 valence electrons. The Morgan fingerprint density at radius 1 is 1.28 bits per heavy atom. The molecule has 18 heavy (non-hydrogen) atoms. The summed E-state index contributed by atoms with van der Waals surface area (Å²) in [4.78, 5) is 21.3. The van der Waals surface area contributed by atoms with Gasteiger partial charge in [0.15, 0.2) is 0 Å². The van der Waals surface area contributed by atoms with Crippen LogP contribution in [-0.2, 0) is 6.18 Å². The van der Waals surface area contributed by atoms with Crippen molar-refractivity contribution in [1.29, 1.82) is 0 Å². The van der Waals surface area contributed by atoms with Crippen molar-refractivity contribution < 1.29 is 18.0 Å². The molecule has 2 heterocycles. The monoisotopic (exact) mass is 257 g/mol. The number of nitrogens with two attached hydrogens (primary N) is 1. The van der Waals surface area contributed by atoms with Gasteiger partial charge in [0.1, 0.15) is 5.69 Å². The first-order chi connectivity index (χ1) is 8.39. The van der Waals surface area contributed by atoms with E-state index in [0.29, 0.717) is 4.57 Å². The molecule has 2 N–H and O–H groups in total. The van der Waals surface area contributed by atoms with Gasteiger partial charge in [-0.05, 0) is 6.07 Å². The van der Waals surface area contributed by atoms with Crippen LogP contribution < -0.4 is 5.73 Å². The number of imidazole rings is 1. The quantitative estimate of drug-likeness (QED) is 0.861. The molecule has 1 amide bonds. The molecule has 6 nitrogen and oxygen atoms in total. The van der Waals surface area contributed by atoms with Crippen LogP contribution in [0.3, 0.4) is 0 Å². The Balaban J connectivity index is 2.53. The third-order valence-corrected chi connectivity index (χ3v) is 2.01. The standard InChI is InChI=1S/C9H6F3N5O/c10-9(11,12)7-14-3-4-17(7)8-15-2-1-5(16-8)6(13)18/h1-4H,(H2,13,18). The summed E-state index contributed by atoms with van der Waals surface area (Å²) in [5.41, 5.74) is 4.80. The Morgan fingerprint density at radius 2 is 2.00 bits per heavy atom. The number of halogens is 3. The molecule has 0 radical (unpaired) electrons. The second-order valence-electron chi connectivity index (χ2n) is 3.22. The van der Waals surface area contributed by atoms with Crippen LogP contribution in [0.4, 0.5) is 13.2 Å². The van der Waals surface area contributed by atoms with E-state index in [9.17, 15) is 18.0 Å². The molecular formula is C9H6F3N5O. The van der Waals surface area contributed by atoms with Crippen LogP contribution in [0.25, 0.3) is 5.95 Å². The molecule has 2 rings (SSSR count). The van der Waals surface area contributed by atoms with Crippen molar-refractivity contribution in [2.24, 2.45) is 5.73 Å². The van der Waals surface area contributed by atoms with Crippen molar-refractivity contribution in [1.82, 2.24) is 19.5 Å². The largest absolute Gasteiger partial charge is 0.450 e. The first kappa shape index (κ1) is 12.0. The number of primary amides is 1. The number of nitrogens with zero attached hydrogens (tertiary/aromatic N) is 4. The summed E-state index contributed by atoms with van der Waals surface area (Å²) in [6.07, 6.45) is -1.50. The van der Waals surface area contributed by atoms with Gasteiger partial charge in [-0.2, -0.15) is 13.2 Å². The number of hydrogen-bond acceptors (Lipinski definition) is 4. The summed E-state index contributed by atoms with van der Waals surface area (Å²) in [5, 5.41) is 0. The molecule has 0 unspecified atom stereocenters. The predicted octanol–water partition coefficient (Wildman–Crippen LogP) is 0.780. The van der Waals surface area contributed by atoms with Crippen LogP contribution in [0.1, 0.15) is 16.3 Å². The maximum atomic E-state index is 12.6. The first-order valence-corrected chi connectivity index (χ1v) is 4.63. The maximum absolute atomic E-state index is 12.6. The molecule has 0 spiro atoms. The fourth-order valence-corrected chi connectivity index (χ4v) is 1.28. The van der Waals surface area contributed by atoms with Crippen molar-refractivity contribution in [3.8, 4) is 5.95 Å². The molecular weight excluding hydrogens is 251 g/mol.